The molecular weight excluding hydrogens is 587 g/mol. The van der Waals surface area contributed by atoms with Crippen molar-refractivity contribution in [3.8, 4) is 0 Å². The zero-order chi connectivity index (χ0) is 32.3. The molecule has 47 heavy (non-hydrogen) atoms. The fourth-order valence-corrected chi connectivity index (χ4v) is 6.08. The van der Waals surface area contributed by atoms with Crippen LogP contribution in [0.5, 0.6) is 0 Å². The molecule has 1 heterocycles. The first-order valence-corrected chi connectivity index (χ1v) is 16.5. The zero-order valence-corrected chi connectivity index (χ0v) is 26.9. The fourth-order valence-electron chi connectivity index (χ4n) is 6.08. The first-order chi connectivity index (χ1) is 23.2. The topological polar surface area (TPSA) is 36.9 Å². The van der Waals surface area contributed by atoms with Gasteiger partial charge >= 0.3 is 0 Å². The van der Waals surface area contributed by atoms with Crippen LogP contribution >= 0.6 is 0 Å². The van der Waals surface area contributed by atoms with Crippen molar-refractivity contribution in [2.75, 3.05) is 6.61 Å². The van der Waals surface area contributed by atoms with Crippen LogP contribution in [0.2, 0.25) is 0 Å². The maximum atomic E-state index is 16.6. The predicted octanol–water partition coefficient (Wildman–Crippen LogP) is 9.01. The van der Waals surface area contributed by atoms with Gasteiger partial charge in [-0.1, -0.05) is 146 Å². The van der Waals surface area contributed by atoms with Crippen molar-refractivity contribution in [1.29, 1.82) is 0 Å². The van der Waals surface area contributed by atoms with Gasteiger partial charge in [0.1, 0.15) is 24.4 Å². The molecule has 5 heteroatoms. The Morgan fingerprint density at radius 3 is 1.68 bits per heavy atom. The third-order valence-electron chi connectivity index (χ3n) is 8.70. The highest BCUT2D eigenvalue weighted by Crippen LogP contribution is 2.38. The lowest BCUT2D eigenvalue weighted by atomic mass is 9.90. The number of hydrogen-bond acceptors (Lipinski definition) is 4. The molecule has 0 aromatic heterocycles. The molecule has 0 aliphatic carbocycles. The SMILES string of the molecule is CCc1ccc(Cc2cccc(C3OC(COCc4ccccc4)C(F)C(OCc4ccccc4)C3OCc3ccccc3)c2)cc1. The predicted molar refractivity (Wildman–Crippen MR) is 184 cm³/mol. The highest BCUT2D eigenvalue weighted by molar-refractivity contribution is 5.33. The van der Waals surface area contributed by atoms with E-state index in [9.17, 15) is 0 Å². The van der Waals surface area contributed by atoms with Crippen molar-refractivity contribution in [1.82, 2.24) is 0 Å². The van der Waals surface area contributed by atoms with Crippen LogP contribution in [-0.2, 0) is 51.6 Å². The second kappa shape index (κ2) is 16.6. The normalized spacial score (nSPS) is 21.0. The van der Waals surface area contributed by atoms with Crippen molar-refractivity contribution < 1.29 is 23.3 Å². The van der Waals surface area contributed by atoms with E-state index in [-0.39, 0.29) is 13.2 Å². The molecule has 0 N–H and O–H groups in total. The van der Waals surface area contributed by atoms with Gasteiger partial charge in [-0.2, -0.15) is 0 Å². The Labute approximate surface area is 278 Å². The summed E-state index contributed by atoms with van der Waals surface area (Å²) in [5.41, 5.74) is 7.63. The van der Waals surface area contributed by atoms with Crippen LogP contribution < -0.4 is 0 Å². The van der Waals surface area contributed by atoms with E-state index in [0.29, 0.717) is 13.2 Å². The van der Waals surface area contributed by atoms with Crippen LogP contribution in [-0.4, -0.2) is 31.1 Å². The van der Waals surface area contributed by atoms with E-state index in [1.165, 1.54) is 11.1 Å². The highest BCUT2D eigenvalue weighted by Gasteiger charge is 2.48. The van der Waals surface area contributed by atoms with Crippen molar-refractivity contribution in [3.63, 3.8) is 0 Å². The van der Waals surface area contributed by atoms with E-state index in [1.54, 1.807) is 0 Å². The van der Waals surface area contributed by atoms with Gasteiger partial charge in [-0.3, -0.25) is 0 Å². The molecule has 0 radical (unpaired) electrons. The minimum absolute atomic E-state index is 0.0899. The summed E-state index contributed by atoms with van der Waals surface area (Å²) in [6, 6.07) is 46.8. The van der Waals surface area contributed by atoms with Crippen LogP contribution in [0.25, 0.3) is 0 Å². The monoisotopic (exact) mass is 630 g/mol. The Hall–Kier alpha value is -4.13. The van der Waals surface area contributed by atoms with Crippen molar-refractivity contribution >= 4 is 0 Å². The molecule has 5 unspecified atom stereocenters. The minimum atomic E-state index is -1.47. The Morgan fingerprint density at radius 1 is 0.553 bits per heavy atom. The molecular formula is C42H43FO4. The number of rotatable bonds is 14. The van der Waals surface area contributed by atoms with Crippen LogP contribution in [0.4, 0.5) is 4.39 Å². The molecule has 5 aromatic rings. The van der Waals surface area contributed by atoms with Crippen molar-refractivity contribution in [3.05, 3.63) is 178 Å². The van der Waals surface area contributed by atoms with E-state index in [2.05, 4.69) is 43.3 Å². The van der Waals surface area contributed by atoms with Crippen molar-refractivity contribution in [2.45, 2.75) is 70.2 Å². The molecule has 4 nitrogen and oxygen atoms in total. The van der Waals surface area contributed by atoms with Gasteiger partial charge < -0.3 is 18.9 Å². The summed E-state index contributed by atoms with van der Waals surface area (Å²) in [4.78, 5) is 0. The van der Waals surface area contributed by atoms with Gasteiger partial charge in [0.2, 0.25) is 0 Å². The van der Waals surface area contributed by atoms with Crippen LogP contribution in [0.1, 0.15) is 52.0 Å². The van der Waals surface area contributed by atoms with E-state index >= 15 is 4.39 Å². The van der Waals surface area contributed by atoms with E-state index < -0.39 is 30.6 Å². The van der Waals surface area contributed by atoms with Gasteiger partial charge in [0.05, 0.1) is 26.4 Å². The number of halogens is 1. The zero-order valence-electron chi connectivity index (χ0n) is 26.9. The molecule has 1 fully saturated rings. The average Bonchev–Trinajstić information content (AvgIpc) is 3.13. The Bertz CT molecular complexity index is 1630. The van der Waals surface area contributed by atoms with Gasteiger partial charge in [0, 0.05) is 0 Å². The standard InChI is InChI=1S/C42H43FO4/c1-2-31-21-23-32(24-22-31)25-36-19-12-20-37(26-36)40-42(46-29-35-17-10-5-11-18-35)41(45-28-34-15-8-4-9-16-34)39(43)38(47-40)30-44-27-33-13-6-3-7-14-33/h3-24,26,38-42H,2,25,27-30H2,1H3. The summed E-state index contributed by atoms with van der Waals surface area (Å²) >= 11 is 0. The Balaban J connectivity index is 1.29. The molecule has 1 aliphatic heterocycles. The molecule has 5 atom stereocenters. The summed E-state index contributed by atoms with van der Waals surface area (Å²) in [5.74, 6) is 0. The van der Waals surface area contributed by atoms with Crippen LogP contribution in [0.3, 0.4) is 0 Å². The third kappa shape index (κ3) is 9.03. The maximum absolute atomic E-state index is 16.6. The number of alkyl halides is 1. The number of aryl methyl sites for hydroxylation is 1. The van der Waals surface area contributed by atoms with E-state index in [0.717, 1.165) is 40.7 Å². The molecule has 1 saturated heterocycles. The van der Waals surface area contributed by atoms with Crippen molar-refractivity contribution in [2.24, 2.45) is 0 Å². The maximum Gasteiger partial charge on any atom is 0.157 e. The second-order valence-corrected chi connectivity index (χ2v) is 12.2. The number of hydrogen-bond donors (Lipinski definition) is 0. The molecule has 5 aromatic carbocycles. The van der Waals surface area contributed by atoms with Gasteiger partial charge in [-0.25, -0.2) is 4.39 Å². The van der Waals surface area contributed by atoms with Gasteiger partial charge in [0.25, 0.3) is 0 Å². The summed E-state index contributed by atoms with van der Waals surface area (Å²) in [7, 11) is 0. The largest absolute Gasteiger partial charge is 0.374 e. The first-order valence-electron chi connectivity index (χ1n) is 16.5. The lowest BCUT2D eigenvalue weighted by molar-refractivity contribution is -0.248. The Kier molecular flexibility index (Phi) is 11.6. The molecule has 0 saturated carbocycles. The molecule has 0 spiro atoms. The molecule has 0 bridgehead atoms. The highest BCUT2D eigenvalue weighted by atomic mass is 19.1. The van der Waals surface area contributed by atoms with Gasteiger partial charge in [-0.15, -0.1) is 0 Å². The minimum Gasteiger partial charge on any atom is -0.374 e. The third-order valence-corrected chi connectivity index (χ3v) is 8.70. The lowest BCUT2D eigenvalue weighted by Crippen LogP contribution is -2.55. The quantitative estimate of drug-likeness (QED) is 0.123. The average molecular weight is 631 g/mol. The second-order valence-electron chi connectivity index (χ2n) is 12.2. The van der Waals surface area contributed by atoms with E-state index in [4.69, 9.17) is 18.9 Å². The van der Waals surface area contributed by atoms with Gasteiger partial charge in [-0.05, 0) is 51.8 Å². The summed E-state index contributed by atoms with van der Waals surface area (Å²) in [5, 5.41) is 0. The Morgan fingerprint density at radius 2 is 1.09 bits per heavy atom. The first kappa shape index (κ1) is 32.8. The summed E-state index contributed by atoms with van der Waals surface area (Å²) < 4.78 is 42.3. The molecule has 0 amide bonds. The van der Waals surface area contributed by atoms with Crippen LogP contribution in [0.15, 0.2) is 140 Å². The summed E-state index contributed by atoms with van der Waals surface area (Å²) in [6.07, 6.45) is -2.66. The molecule has 6 rings (SSSR count). The van der Waals surface area contributed by atoms with E-state index in [1.807, 2.05) is 103 Å². The smallest absolute Gasteiger partial charge is 0.157 e. The fraction of sp³-hybridized carbons (Fsp3) is 0.286. The number of benzene rings is 5. The number of ether oxygens (including phenoxy) is 4. The summed E-state index contributed by atoms with van der Waals surface area (Å²) in [6.45, 7) is 3.19. The lowest BCUT2D eigenvalue weighted by Gasteiger charge is -2.44. The molecule has 242 valence electrons. The van der Waals surface area contributed by atoms with Crippen LogP contribution in [0, 0.1) is 0 Å². The molecule has 1 aliphatic rings. The van der Waals surface area contributed by atoms with Gasteiger partial charge in [0.15, 0.2) is 6.17 Å².